The van der Waals surface area contributed by atoms with Gasteiger partial charge in [-0.1, -0.05) is 0 Å². The van der Waals surface area contributed by atoms with Crippen molar-refractivity contribution in [2.75, 3.05) is 0 Å². The van der Waals surface area contributed by atoms with E-state index in [2.05, 4.69) is 15.9 Å². The maximum atomic E-state index is 12.8. The Bertz CT molecular complexity index is 432. The van der Waals surface area contributed by atoms with Gasteiger partial charge < -0.3 is 5.11 Å². The molecule has 0 radical (unpaired) electrons. The normalized spacial score (nSPS) is 10.1. The second-order valence-electron chi connectivity index (χ2n) is 2.74. The van der Waals surface area contributed by atoms with Gasteiger partial charge in [-0.2, -0.15) is 0 Å². The molecular weight excluding hydrogens is 274 g/mol. The molecule has 0 saturated heterocycles. The molecule has 3 nitrogen and oxygen atoms in total. The minimum atomic E-state index is -1.32. The number of carbonyl (C=O) groups excluding carboxylic acids is 1. The van der Waals surface area contributed by atoms with E-state index in [4.69, 9.17) is 5.11 Å². The summed E-state index contributed by atoms with van der Waals surface area (Å²) >= 11 is 2.85. The predicted molar refractivity (Wildman–Crippen MR) is 50.6 cm³/mol. The van der Waals surface area contributed by atoms with Crippen LogP contribution in [-0.4, -0.2) is 16.9 Å². The lowest BCUT2D eigenvalue weighted by atomic mass is 10.1. The SMILES string of the molecule is O=C(O)CC(=O)c1cc(F)c(F)cc1Br. The first-order valence-corrected chi connectivity index (χ1v) is 4.60. The van der Waals surface area contributed by atoms with E-state index in [0.29, 0.717) is 6.07 Å². The topological polar surface area (TPSA) is 54.4 Å². The molecule has 80 valence electrons. The van der Waals surface area contributed by atoms with Gasteiger partial charge in [0.2, 0.25) is 0 Å². The molecule has 1 aromatic carbocycles. The highest BCUT2D eigenvalue weighted by Crippen LogP contribution is 2.21. The third-order valence-electron chi connectivity index (χ3n) is 1.62. The largest absolute Gasteiger partial charge is 0.481 e. The Labute approximate surface area is 91.8 Å². The molecule has 0 amide bonds. The number of carboxylic acid groups (broad SMARTS) is 1. The van der Waals surface area contributed by atoms with E-state index in [1.54, 1.807) is 0 Å². The predicted octanol–water partition coefficient (Wildman–Crippen LogP) is 2.38. The van der Waals surface area contributed by atoms with Crippen LogP contribution >= 0.6 is 15.9 Å². The fraction of sp³-hybridized carbons (Fsp3) is 0.111. The highest BCUT2D eigenvalue weighted by atomic mass is 79.9. The van der Waals surface area contributed by atoms with E-state index in [0.717, 1.165) is 6.07 Å². The second kappa shape index (κ2) is 4.48. The summed E-state index contributed by atoms with van der Waals surface area (Å²) in [4.78, 5) is 21.5. The van der Waals surface area contributed by atoms with Crippen molar-refractivity contribution >= 4 is 27.7 Å². The van der Waals surface area contributed by atoms with Crippen molar-refractivity contribution in [3.8, 4) is 0 Å². The lowest BCUT2D eigenvalue weighted by Gasteiger charge is -2.02. The summed E-state index contributed by atoms with van der Waals surface area (Å²) in [5.74, 6) is -4.40. The molecule has 0 atom stereocenters. The molecule has 0 unspecified atom stereocenters. The van der Waals surface area contributed by atoms with Gasteiger partial charge in [0.05, 0.1) is 0 Å². The molecule has 0 saturated carbocycles. The smallest absolute Gasteiger partial charge is 0.311 e. The van der Waals surface area contributed by atoms with E-state index in [-0.39, 0.29) is 10.0 Å². The number of Topliss-reactive ketones (excluding diaryl/α,β-unsaturated/α-hetero) is 1. The molecule has 0 aliphatic heterocycles. The van der Waals surface area contributed by atoms with Crippen molar-refractivity contribution in [2.24, 2.45) is 0 Å². The van der Waals surface area contributed by atoms with E-state index in [9.17, 15) is 18.4 Å². The summed E-state index contributed by atoms with van der Waals surface area (Å²) in [7, 11) is 0. The Balaban J connectivity index is 3.09. The van der Waals surface area contributed by atoms with Crippen LogP contribution in [0, 0.1) is 11.6 Å². The number of halogens is 3. The van der Waals surface area contributed by atoms with Crippen molar-refractivity contribution in [1.82, 2.24) is 0 Å². The average molecular weight is 279 g/mol. The van der Waals surface area contributed by atoms with E-state index >= 15 is 0 Å². The van der Waals surface area contributed by atoms with Gasteiger partial charge in [-0.3, -0.25) is 9.59 Å². The number of ketones is 1. The summed E-state index contributed by atoms with van der Waals surface area (Å²) in [5, 5.41) is 8.36. The van der Waals surface area contributed by atoms with Crippen LogP contribution in [0.5, 0.6) is 0 Å². The second-order valence-corrected chi connectivity index (χ2v) is 3.59. The minimum absolute atomic E-state index is 0.0349. The molecule has 1 rings (SSSR count). The number of benzene rings is 1. The van der Waals surface area contributed by atoms with Crippen molar-refractivity contribution in [2.45, 2.75) is 6.42 Å². The third kappa shape index (κ3) is 2.82. The van der Waals surface area contributed by atoms with Gasteiger partial charge in [-0.05, 0) is 28.1 Å². The van der Waals surface area contributed by atoms with E-state index < -0.39 is 29.8 Å². The zero-order chi connectivity index (χ0) is 11.6. The first-order chi connectivity index (χ1) is 6.91. The fourth-order valence-electron chi connectivity index (χ4n) is 0.969. The quantitative estimate of drug-likeness (QED) is 0.525. The number of hydrogen-bond donors (Lipinski definition) is 1. The first kappa shape index (κ1) is 11.8. The molecular formula is C9H5BrF2O3. The summed E-state index contributed by atoms with van der Waals surface area (Å²) in [6.07, 6.45) is -0.760. The van der Waals surface area contributed by atoms with Crippen molar-refractivity contribution in [3.63, 3.8) is 0 Å². The number of hydrogen-bond acceptors (Lipinski definition) is 2. The van der Waals surface area contributed by atoms with Crippen LogP contribution in [0.2, 0.25) is 0 Å². The Morgan fingerprint density at radius 1 is 1.27 bits per heavy atom. The molecule has 6 heteroatoms. The lowest BCUT2D eigenvalue weighted by Crippen LogP contribution is -2.08. The van der Waals surface area contributed by atoms with E-state index in [1.807, 2.05) is 0 Å². The van der Waals surface area contributed by atoms with Crippen LogP contribution in [0.4, 0.5) is 8.78 Å². The fourth-order valence-corrected chi connectivity index (χ4v) is 1.51. The maximum absolute atomic E-state index is 12.8. The highest BCUT2D eigenvalue weighted by molar-refractivity contribution is 9.10. The van der Waals surface area contributed by atoms with Gasteiger partial charge in [0.1, 0.15) is 6.42 Å². The first-order valence-electron chi connectivity index (χ1n) is 3.81. The molecule has 1 aromatic rings. The monoisotopic (exact) mass is 278 g/mol. The Morgan fingerprint density at radius 2 is 1.80 bits per heavy atom. The van der Waals surface area contributed by atoms with Crippen molar-refractivity contribution in [1.29, 1.82) is 0 Å². The summed E-state index contributed by atoms with van der Waals surface area (Å²) in [6, 6.07) is 1.45. The Kier molecular flexibility index (Phi) is 3.52. The lowest BCUT2D eigenvalue weighted by molar-refractivity contribution is -0.135. The van der Waals surface area contributed by atoms with Gasteiger partial charge in [0.25, 0.3) is 0 Å². The molecule has 0 fully saturated rings. The molecule has 0 heterocycles. The summed E-state index contributed by atoms with van der Waals surface area (Å²) < 4.78 is 25.4. The standard InChI is InChI=1S/C9H5BrF2O3/c10-5-2-7(12)6(11)1-4(5)8(13)3-9(14)15/h1-2H,3H2,(H,14,15). The molecule has 0 aliphatic carbocycles. The van der Waals surface area contributed by atoms with E-state index in [1.165, 1.54) is 0 Å². The van der Waals surface area contributed by atoms with Crippen LogP contribution in [0.1, 0.15) is 16.8 Å². The number of carbonyl (C=O) groups is 2. The van der Waals surface area contributed by atoms with Crippen molar-refractivity contribution < 1.29 is 23.5 Å². The van der Waals surface area contributed by atoms with Gasteiger partial charge in [-0.25, -0.2) is 8.78 Å². The Morgan fingerprint density at radius 3 is 2.33 bits per heavy atom. The van der Waals surface area contributed by atoms with Gasteiger partial charge in [-0.15, -0.1) is 0 Å². The van der Waals surface area contributed by atoms with Gasteiger partial charge >= 0.3 is 5.97 Å². The molecule has 0 spiro atoms. The van der Waals surface area contributed by atoms with Crippen molar-refractivity contribution in [3.05, 3.63) is 33.8 Å². The van der Waals surface area contributed by atoms with Crippen LogP contribution < -0.4 is 0 Å². The molecule has 0 aliphatic rings. The zero-order valence-electron chi connectivity index (χ0n) is 7.26. The molecule has 0 aromatic heterocycles. The summed E-state index contributed by atoms with van der Waals surface area (Å²) in [5.41, 5.74) is -0.184. The Hall–Kier alpha value is -1.30. The number of aliphatic carboxylic acids is 1. The molecule has 1 N–H and O–H groups in total. The van der Waals surface area contributed by atoms with Gasteiger partial charge in [0.15, 0.2) is 17.4 Å². The number of rotatable bonds is 3. The highest BCUT2D eigenvalue weighted by Gasteiger charge is 2.16. The van der Waals surface area contributed by atoms with Crippen LogP contribution in [-0.2, 0) is 4.79 Å². The third-order valence-corrected chi connectivity index (χ3v) is 2.28. The molecule has 15 heavy (non-hydrogen) atoms. The maximum Gasteiger partial charge on any atom is 0.311 e. The van der Waals surface area contributed by atoms with Crippen LogP contribution in [0.3, 0.4) is 0 Å². The van der Waals surface area contributed by atoms with Crippen LogP contribution in [0.15, 0.2) is 16.6 Å². The average Bonchev–Trinajstić information content (AvgIpc) is 2.09. The van der Waals surface area contributed by atoms with Crippen LogP contribution in [0.25, 0.3) is 0 Å². The summed E-state index contributed by atoms with van der Waals surface area (Å²) in [6.45, 7) is 0. The minimum Gasteiger partial charge on any atom is -0.481 e. The van der Waals surface area contributed by atoms with Gasteiger partial charge in [0, 0.05) is 10.0 Å². The number of carboxylic acids is 1. The molecule has 0 bridgehead atoms. The zero-order valence-corrected chi connectivity index (χ0v) is 8.85.